The first kappa shape index (κ1) is 11.5. The van der Waals surface area contributed by atoms with E-state index in [1.807, 2.05) is 28.8 Å². The van der Waals surface area contributed by atoms with Crippen molar-refractivity contribution in [2.75, 3.05) is 11.9 Å². The first-order valence-electron chi connectivity index (χ1n) is 4.95. The highest BCUT2D eigenvalue weighted by atomic mass is 32.1. The van der Waals surface area contributed by atoms with Gasteiger partial charge in [-0.15, -0.1) is 0 Å². The molecule has 0 bridgehead atoms. The third kappa shape index (κ3) is 2.79. The lowest BCUT2D eigenvalue weighted by Crippen LogP contribution is -2.19. The summed E-state index contributed by atoms with van der Waals surface area (Å²) in [5.41, 5.74) is 1.16. The van der Waals surface area contributed by atoms with Gasteiger partial charge in [0.15, 0.2) is 5.69 Å². The summed E-state index contributed by atoms with van der Waals surface area (Å²) in [7, 11) is 1.83. The lowest BCUT2D eigenvalue weighted by atomic mass is 10.3. The number of carboxylic acids is 1. The maximum absolute atomic E-state index is 10.8. The van der Waals surface area contributed by atoms with Crippen LogP contribution in [0.15, 0.2) is 29.1 Å². The Bertz CT molecular complexity index is 513. The highest BCUT2D eigenvalue weighted by Crippen LogP contribution is 2.12. The third-order valence-electron chi connectivity index (χ3n) is 2.20. The van der Waals surface area contributed by atoms with Crippen molar-refractivity contribution in [3.63, 3.8) is 0 Å². The van der Waals surface area contributed by atoms with Gasteiger partial charge in [-0.3, -0.25) is 0 Å². The molecule has 1 N–H and O–H groups in total. The molecule has 0 aliphatic heterocycles. The molecule has 2 rings (SSSR count). The van der Waals surface area contributed by atoms with Crippen LogP contribution >= 0.6 is 11.3 Å². The Hall–Kier alpha value is -1.95. The molecule has 0 spiro atoms. The van der Waals surface area contributed by atoms with Crippen molar-refractivity contribution in [1.82, 2.24) is 9.97 Å². The van der Waals surface area contributed by atoms with Gasteiger partial charge in [0.25, 0.3) is 0 Å². The first-order valence-corrected chi connectivity index (χ1v) is 5.89. The van der Waals surface area contributed by atoms with E-state index in [2.05, 4.69) is 9.97 Å². The molecule has 0 aliphatic rings. The van der Waals surface area contributed by atoms with Crippen LogP contribution in [0.2, 0.25) is 0 Å². The summed E-state index contributed by atoms with van der Waals surface area (Å²) in [6, 6.07) is 3.40. The molecule has 2 aromatic heterocycles. The Kier molecular flexibility index (Phi) is 3.34. The SMILES string of the molecule is CN(Cc1ccsc1)c1nccc(C(=O)O)n1. The van der Waals surface area contributed by atoms with E-state index in [1.165, 1.54) is 12.3 Å². The average molecular weight is 249 g/mol. The molecule has 0 unspecified atom stereocenters. The zero-order valence-electron chi connectivity index (χ0n) is 9.20. The number of thiophene rings is 1. The molecular formula is C11H11N3O2S. The Labute approximate surface area is 102 Å². The van der Waals surface area contributed by atoms with E-state index in [0.717, 1.165) is 5.56 Å². The number of hydrogen-bond donors (Lipinski definition) is 1. The molecule has 0 amide bonds. The van der Waals surface area contributed by atoms with Crippen molar-refractivity contribution in [2.45, 2.75) is 6.54 Å². The van der Waals surface area contributed by atoms with Gasteiger partial charge < -0.3 is 10.0 Å². The lowest BCUT2D eigenvalue weighted by Gasteiger charge is -2.15. The minimum Gasteiger partial charge on any atom is -0.477 e. The minimum atomic E-state index is -1.04. The van der Waals surface area contributed by atoms with Crippen molar-refractivity contribution >= 4 is 23.3 Å². The predicted molar refractivity (Wildman–Crippen MR) is 65.4 cm³/mol. The molecule has 0 radical (unpaired) electrons. The standard InChI is InChI=1S/C11H11N3O2S/c1-14(6-8-3-5-17-7-8)11-12-4-2-9(13-11)10(15)16/h2-5,7H,6H2,1H3,(H,15,16). The quantitative estimate of drug-likeness (QED) is 0.896. The van der Waals surface area contributed by atoms with Crippen LogP contribution in [0.3, 0.4) is 0 Å². The molecule has 0 aliphatic carbocycles. The Morgan fingerprint density at radius 2 is 2.35 bits per heavy atom. The van der Waals surface area contributed by atoms with Crippen LogP contribution in [0.4, 0.5) is 5.95 Å². The highest BCUT2D eigenvalue weighted by molar-refractivity contribution is 7.07. The van der Waals surface area contributed by atoms with E-state index in [4.69, 9.17) is 5.11 Å². The maximum Gasteiger partial charge on any atom is 0.354 e. The second-order valence-electron chi connectivity index (χ2n) is 3.53. The van der Waals surface area contributed by atoms with Crippen molar-refractivity contribution in [1.29, 1.82) is 0 Å². The third-order valence-corrected chi connectivity index (χ3v) is 2.94. The molecular weight excluding hydrogens is 238 g/mol. The second-order valence-corrected chi connectivity index (χ2v) is 4.31. The van der Waals surface area contributed by atoms with Gasteiger partial charge in [-0.05, 0) is 28.5 Å². The van der Waals surface area contributed by atoms with Crippen LogP contribution < -0.4 is 4.90 Å². The monoisotopic (exact) mass is 249 g/mol. The molecule has 0 aromatic carbocycles. The van der Waals surface area contributed by atoms with Gasteiger partial charge in [-0.2, -0.15) is 11.3 Å². The summed E-state index contributed by atoms with van der Waals surface area (Å²) < 4.78 is 0. The Morgan fingerprint density at radius 1 is 1.53 bits per heavy atom. The van der Waals surface area contributed by atoms with Crippen LogP contribution in [0.25, 0.3) is 0 Å². The van der Waals surface area contributed by atoms with Gasteiger partial charge in [-0.1, -0.05) is 0 Å². The summed E-state index contributed by atoms with van der Waals surface area (Å²) in [5, 5.41) is 12.9. The van der Waals surface area contributed by atoms with Crippen molar-refractivity contribution in [3.05, 3.63) is 40.3 Å². The van der Waals surface area contributed by atoms with Gasteiger partial charge in [-0.25, -0.2) is 14.8 Å². The summed E-state index contributed by atoms with van der Waals surface area (Å²) in [5.74, 6) is -0.631. The topological polar surface area (TPSA) is 66.3 Å². The van der Waals surface area contributed by atoms with E-state index >= 15 is 0 Å². The van der Waals surface area contributed by atoms with Gasteiger partial charge in [0.05, 0.1) is 0 Å². The average Bonchev–Trinajstić information content (AvgIpc) is 2.82. The van der Waals surface area contributed by atoms with E-state index in [1.54, 1.807) is 11.3 Å². The maximum atomic E-state index is 10.8. The second kappa shape index (κ2) is 4.92. The fourth-order valence-electron chi connectivity index (χ4n) is 1.38. The van der Waals surface area contributed by atoms with Gasteiger partial charge in [0.2, 0.25) is 5.95 Å². The Morgan fingerprint density at radius 3 is 3.00 bits per heavy atom. The molecule has 2 aromatic rings. The minimum absolute atomic E-state index is 0.00664. The van der Waals surface area contributed by atoms with Gasteiger partial charge >= 0.3 is 5.97 Å². The molecule has 6 heteroatoms. The number of carboxylic acid groups (broad SMARTS) is 1. The van der Waals surface area contributed by atoms with Crippen LogP contribution in [0, 0.1) is 0 Å². The fourth-order valence-corrected chi connectivity index (χ4v) is 2.04. The summed E-state index contributed by atoms with van der Waals surface area (Å²) in [6.45, 7) is 0.659. The van der Waals surface area contributed by atoms with Crippen LogP contribution in [-0.2, 0) is 6.54 Å². The van der Waals surface area contributed by atoms with Crippen LogP contribution in [0.5, 0.6) is 0 Å². The van der Waals surface area contributed by atoms with Crippen molar-refractivity contribution in [3.8, 4) is 0 Å². The molecule has 0 atom stereocenters. The van der Waals surface area contributed by atoms with E-state index in [-0.39, 0.29) is 5.69 Å². The zero-order valence-corrected chi connectivity index (χ0v) is 10.0. The summed E-state index contributed by atoms with van der Waals surface area (Å²) >= 11 is 1.62. The molecule has 17 heavy (non-hydrogen) atoms. The molecule has 2 heterocycles. The molecule has 88 valence electrons. The highest BCUT2D eigenvalue weighted by Gasteiger charge is 2.09. The molecule has 5 nitrogen and oxygen atoms in total. The van der Waals surface area contributed by atoms with Crippen molar-refractivity contribution < 1.29 is 9.90 Å². The normalized spacial score (nSPS) is 10.2. The number of aromatic nitrogens is 2. The number of rotatable bonds is 4. The number of carbonyl (C=O) groups is 1. The van der Waals surface area contributed by atoms with E-state index in [0.29, 0.717) is 12.5 Å². The number of anilines is 1. The van der Waals surface area contributed by atoms with Crippen molar-refractivity contribution in [2.24, 2.45) is 0 Å². The van der Waals surface area contributed by atoms with Crippen LogP contribution in [0.1, 0.15) is 16.1 Å². The van der Waals surface area contributed by atoms with Crippen LogP contribution in [-0.4, -0.2) is 28.1 Å². The first-order chi connectivity index (χ1) is 8.16. The number of nitrogens with zero attached hydrogens (tertiary/aromatic N) is 3. The smallest absolute Gasteiger partial charge is 0.354 e. The molecule has 0 saturated heterocycles. The summed E-state index contributed by atoms with van der Waals surface area (Å²) in [6.07, 6.45) is 1.45. The van der Waals surface area contributed by atoms with E-state index in [9.17, 15) is 4.79 Å². The fraction of sp³-hybridized carbons (Fsp3) is 0.182. The Balaban J connectivity index is 2.16. The van der Waals surface area contributed by atoms with E-state index < -0.39 is 5.97 Å². The van der Waals surface area contributed by atoms with Gasteiger partial charge in [0.1, 0.15) is 0 Å². The summed E-state index contributed by atoms with van der Waals surface area (Å²) in [4.78, 5) is 20.6. The molecule has 0 saturated carbocycles. The largest absolute Gasteiger partial charge is 0.477 e. The zero-order chi connectivity index (χ0) is 12.3. The number of aromatic carboxylic acids is 1. The number of hydrogen-bond acceptors (Lipinski definition) is 5. The predicted octanol–water partition coefficient (Wildman–Crippen LogP) is 1.87. The molecule has 0 fully saturated rings. The van der Waals surface area contributed by atoms with Gasteiger partial charge in [0, 0.05) is 19.8 Å². The lowest BCUT2D eigenvalue weighted by molar-refractivity contribution is 0.0690.